The number of fused-ring (bicyclic) bond motifs is 1. The van der Waals surface area contributed by atoms with Crippen molar-refractivity contribution in [3.05, 3.63) is 29.3 Å². The number of rotatable bonds is 7. The minimum atomic E-state index is 0.586. The van der Waals surface area contributed by atoms with Gasteiger partial charge in [0.1, 0.15) is 0 Å². The average Bonchev–Trinajstić information content (AvgIpc) is 2.73. The molecule has 1 unspecified atom stereocenters. The molecule has 1 aromatic rings. The first-order valence-corrected chi connectivity index (χ1v) is 6.87. The molecule has 1 atom stereocenters. The van der Waals surface area contributed by atoms with Crippen molar-refractivity contribution in [3.63, 3.8) is 0 Å². The highest BCUT2D eigenvalue weighted by molar-refractivity contribution is 5.57. The van der Waals surface area contributed by atoms with Crippen molar-refractivity contribution in [2.24, 2.45) is 0 Å². The van der Waals surface area contributed by atoms with E-state index in [9.17, 15) is 0 Å². The van der Waals surface area contributed by atoms with E-state index >= 15 is 0 Å². The van der Waals surface area contributed by atoms with Gasteiger partial charge in [-0.05, 0) is 56.5 Å². The number of nitrogens with one attached hydrogen (secondary N) is 2. The molecule has 0 saturated heterocycles. The molecule has 0 saturated carbocycles. The third-order valence-corrected chi connectivity index (χ3v) is 3.39. The summed E-state index contributed by atoms with van der Waals surface area (Å²) in [6, 6.07) is 7.39. The van der Waals surface area contributed by atoms with Crippen molar-refractivity contribution >= 4 is 5.69 Å². The van der Waals surface area contributed by atoms with Crippen LogP contribution in [-0.2, 0) is 17.6 Å². The van der Waals surface area contributed by atoms with E-state index in [0.29, 0.717) is 6.04 Å². The second-order valence-electron chi connectivity index (χ2n) is 5.09. The summed E-state index contributed by atoms with van der Waals surface area (Å²) >= 11 is 0. The van der Waals surface area contributed by atoms with Crippen LogP contribution in [0.4, 0.5) is 5.69 Å². The number of ether oxygens (including phenoxy) is 1. The number of anilines is 1. The number of benzene rings is 1. The highest BCUT2D eigenvalue weighted by atomic mass is 16.5. The van der Waals surface area contributed by atoms with Gasteiger partial charge in [-0.3, -0.25) is 0 Å². The maximum absolute atomic E-state index is 5.02. The lowest BCUT2D eigenvalue weighted by atomic mass is 10.0. The number of hydrogen-bond donors (Lipinski definition) is 2. The van der Waals surface area contributed by atoms with Crippen molar-refractivity contribution in [1.82, 2.24) is 5.32 Å². The molecule has 3 nitrogen and oxygen atoms in total. The van der Waals surface area contributed by atoms with Crippen LogP contribution in [-0.4, -0.2) is 32.8 Å². The van der Waals surface area contributed by atoms with Crippen molar-refractivity contribution in [2.75, 3.05) is 32.1 Å². The Hall–Kier alpha value is -1.06. The Morgan fingerprint density at radius 2 is 2.28 bits per heavy atom. The van der Waals surface area contributed by atoms with Gasteiger partial charge < -0.3 is 15.4 Å². The second kappa shape index (κ2) is 6.76. The van der Waals surface area contributed by atoms with Crippen molar-refractivity contribution < 1.29 is 4.74 Å². The lowest BCUT2D eigenvalue weighted by Gasteiger charge is -2.06. The molecule has 1 aliphatic heterocycles. The summed E-state index contributed by atoms with van der Waals surface area (Å²) in [7, 11) is 1.75. The van der Waals surface area contributed by atoms with E-state index in [1.165, 1.54) is 16.8 Å². The van der Waals surface area contributed by atoms with Gasteiger partial charge in [-0.25, -0.2) is 0 Å². The Labute approximate surface area is 110 Å². The number of hydrogen-bond acceptors (Lipinski definition) is 3. The molecule has 0 spiro atoms. The van der Waals surface area contributed by atoms with Crippen molar-refractivity contribution in [1.29, 1.82) is 0 Å². The predicted molar refractivity (Wildman–Crippen MR) is 76.3 cm³/mol. The van der Waals surface area contributed by atoms with Crippen LogP contribution in [0.2, 0.25) is 0 Å². The van der Waals surface area contributed by atoms with Gasteiger partial charge in [0, 0.05) is 25.4 Å². The van der Waals surface area contributed by atoms with Crippen LogP contribution in [0.5, 0.6) is 0 Å². The van der Waals surface area contributed by atoms with Gasteiger partial charge in [-0.15, -0.1) is 0 Å². The maximum Gasteiger partial charge on any atom is 0.0474 e. The normalized spacial score (nSPS) is 17.6. The fourth-order valence-electron chi connectivity index (χ4n) is 2.46. The molecule has 1 aromatic carbocycles. The fourth-order valence-corrected chi connectivity index (χ4v) is 2.46. The fraction of sp³-hybridized carbons (Fsp3) is 0.600. The summed E-state index contributed by atoms with van der Waals surface area (Å²) in [5.74, 6) is 0. The Kier molecular flexibility index (Phi) is 5.02. The molecule has 1 aliphatic rings. The molecular formula is C15H24N2O. The van der Waals surface area contributed by atoms with Crippen LogP contribution in [0.15, 0.2) is 18.2 Å². The van der Waals surface area contributed by atoms with Gasteiger partial charge in [0.15, 0.2) is 0 Å². The minimum absolute atomic E-state index is 0.586. The van der Waals surface area contributed by atoms with E-state index in [1.807, 2.05) is 0 Å². The third-order valence-electron chi connectivity index (χ3n) is 3.39. The van der Waals surface area contributed by atoms with Gasteiger partial charge >= 0.3 is 0 Å². The molecule has 0 bridgehead atoms. The van der Waals surface area contributed by atoms with E-state index in [1.54, 1.807) is 7.11 Å². The number of methoxy groups -OCH3 is 1. The Morgan fingerprint density at radius 1 is 1.39 bits per heavy atom. The minimum Gasteiger partial charge on any atom is -0.385 e. The van der Waals surface area contributed by atoms with E-state index < -0.39 is 0 Å². The van der Waals surface area contributed by atoms with Gasteiger partial charge in [0.25, 0.3) is 0 Å². The summed E-state index contributed by atoms with van der Waals surface area (Å²) in [4.78, 5) is 0. The first-order chi connectivity index (χ1) is 8.79. The predicted octanol–water partition coefficient (Wildman–Crippen LogP) is 2.21. The quantitative estimate of drug-likeness (QED) is 0.726. The molecule has 0 amide bonds. The molecule has 100 valence electrons. The molecule has 3 heteroatoms. The summed E-state index contributed by atoms with van der Waals surface area (Å²) in [5, 5.41) is 6.94. The van der Waals surface area contributed by atoms with Crippen molar-refractivity contribution in [2.45, 2.75) is 32.2 Å². The Bertz CT molecular complexity index is 379. The standard InChI is InChI=1S/C15H24N2O/c1-12-10-14-11-13(4-5-15(14)17-12)6-8-16-7-3-9-18-2/h4-5,11-12,16-17H,3,6-10H2,1-2H3. The maximum atomic E-state index is 5.02. The lowest BCUT2D eigenvalue weighted by molar-refractivity contribution is 0.194. The van der Waals surface area contributed by atoms with Crippen LogP contribution < -0.4 is 10.6 Å². The highest BCUT2D eigenvalue weighted by Crippen LogP contribution is 2.26. The van der Waals surface area contributed by atoms with Crippen molar-refractivity contribution in [3.8, 4) is 0 Å². The smallest absolute Gasteiger partial charge is 0.0474 e. The highest BCUT2D eigenvalue weighted by Gasteiger charge is 2.16. The zero-order valence-corrected chi connectivity index (χ0v) is 11.5. The molecule has 1 heterocycles. The summed E-state index contributed by atoms with van der Waals surface area (Å²) in [6.45, 7) is 5.16. The molecule has 0 aliphatic carbocycles. The summed E-state index contributed by atoms with van der Waals surface area (Å²) in [6.07, 6.45) is 3.35. The zero-order valence-electron chi connectivity index (χ0n) is 11.5. The molecule has 0 radical (unpaired) electrons. The molecule has 2 rings (SSSR count). The average molecular weight is 248 g/mol. The molecule has 0 fully saturated rings. The van der Waals surface area contributed by atoms with Gasteiger partial charge in [0.05, 0.1) is 0 Å². The van der Waals surface area contributed by atoms with Crippen LogP contribution in [0.3, 0.4) is 0 Å². The first-order valence-electron chi connectivity index (χ1n) is 6.87. The SMILES string of the molecule is COCCCNCCc1ccc2c(c1)CC(C)N2. The van der Waals surface area contributed by atoms with Crippen LogP contribution in [0.1, 0.15) is 24.5 Å². The second-order valence-corrected chi connectivity index (χ2v) is 5.09. The van der Waals surface area contributed by atoms with E-state index in [4.69, 9.17) is 4.74 Å². The molecule has 0 aromatic heterocycles. The summed E-state index contributed by atoms with van der Waals surface area (Å²) in [5.41, 5.74) is 4.22. The third kappa shape index (κ3) is 3.72. The van der Waals surface area contributed by atoms with Gasteiger partial charge in [-0.1, -0.05) is 12.1 Å². The zero-order chi connectivity index (χ0) is 12.8. The Morgan fingerprint density at radius 3 is 3.11 bits per heavy atom. The van der Waals surface area contributed by atoms with Crippen LogP contribution >= 0.6 is 0 Å². The van der Waals surface area contributed by atoms with E-state index in [2.05, 4.69) is 35.8 Å². The lowest BCUT2D eigenvalue weighted by Crippen LogP contribution is -2.19. The largest absolute Gasteiger partial charge is 0.385 e. The van der Waals surface area contributed by atoms with E-state index in [0.717, 1.165) is 39.0 Å². The van der Waals surface area contributed by atoms with Crippen LogP contribution in [0.25, 0.3) is 0 Å². The first kappa shape index (κ1) is 13.4. The molecular weight excluding hydrogens is 224 g/mol. The topological polar surface area (TPSA) is 33.3 Å². The monoisotopic (exact) mass is 248 g/mol. The van der Waals surface area contributed by atoms with Gasteiger partial charge in [-0.2, -0.15) is 0 Å². The van der Waals surface area contributed by atoms with Crippen LogP contribution in [0, 0.1) is 0 Å². The van der Waals surface area contributed by atoms with E-state index in [-0.39, 0.29) is 0 Å². The molecule has 2 N–H and O–H groups in total. The summed E-state index contributed by atoms with van der Waals surface area (Å²) < 4.78 is 5.02. The molecule has 18 heavy (non-hydrogen) atoms. The Balaban J connectivity index is 1.72. The van der Waals surface area contributed by atoms with Gasteiger partial charge in [0.2, 0.25) is 0 Å².